The van der Waals surface area contributed by atoms with Gasteiger partial charge in [-0.3, -0.25) is 4.79 Å². The van der Waals surface area contributed by atoms with Crippen LogP contribution in [0.4, 0.5) is 5.82 Å². The van der Waals surface area contributed by atoms with Gasteiger partial charge in [-0.05, 0) is 38.1 Å². The van der Waals surface area contributed by atoms with Crippen molar-refractivity contribution < 1.29 is 4.79 Å². The molecule has 1 amide bonds. The van der Waals surface area contributed by atoms with E-state index in [-0.39, 0.29) is 6.04 Å². The normalized spacial score (nSPS) is 12.1. The van der Waals surface area contributed by atoms with Crippen LogP contribution in [0.3, 0.4) is 0 Å². The molecule has 2 aromatic rings. The Morgan fingerprint density at radius 1 is 1.42 bits per heavy atom. The number of pyridine rings is 1. The van der Waals surface area contributed by atoms with Crippen molar-refractivity contribution >= 4 is 23.1 Å². The summed E-state index contributed by atoms with van der Waals surface area (Å²) in [5.41, 5.74) is 5.59. The van der Waals surface area contributed by atoms with Crippen molar-refractivity contribution in [2.24, 2.45) is 5.73 Å². The molecule has 0 aliphatic rings. The number of carbonyl (C=O) groups is 1. The number of hydrogen-bond donors (Lipinski definition) is 2. The number of nitrogens with one attached hydrogen (secondary N) is 1. The number of aromatic nitrogens is 1. The molecule has 5 heteroatoms. The molecule has 19 heavy (non-hydrogen) atoms. The van der Waals surface area contributed by atoms with Crippen LogP contribution in [0.5, 0.6) is 0 Å². The van der Waals surface area contributed by atoms with Gasteiger partial charge in [0.1, 0.15) is 5.82 Å². The van der Waals surface area contributed by atoms with Crippen LogP contribution in [0.1, 0.15) is 27.0 Å². The van der Waals surface area contributed by atoms with Crippen LogP contribution in [0, 0.1) is 6.92 Å². The van der Waals surface area contributed by atoms with Crippen molar-refractivity contribution in [1.29, 1.82) is 0 Å². The second-order valence-electron chi connectivity index (χ2n) is 4.56. The largest absolute Gasteiger partial charge is 0.367 e. The first-order valence-corrected chi connectivity index (χ1v) is 6.94. The molecule has 1 atom stereocenters. The van der Waals surface area contributed by atoms with Gasteiger partial charge in [0.2, 0.25) is 5.91 Å². The molecule has 0 aliphatic carbocycles. The molecule has 2 heterocycles. The number of thiophene rings is 1. The molecule has 0 aromatic carbocycles. The number of hydrogen-bond acceptors (Lipinski definition) is 4. The fraction of sp³-hybridized carbons (Fsp3) is 0.286. The van der Waals surface area contributed by atoms with Gasteiger partial charge >= 0.3 is 0 Å². The van der Waals surface area contributed by atoms with Crippen LogP contribution >= 0.6 is 11.3 Å². The summed E-state index contributed by atoms with van der Waals surface area (Å²) in [4.78, 5) is 17.8. The van der Waals surface area contributed by atoms with Gasteiger partial charge in [0.25, 0.3) is 0 Å². The smallest absolute Gasteiger partial charge is 0.250 e. The SMILES string of the molecule is Cc1ccc(CC(C)Nc2ccc(C(N)=O)cn2)s1. The lowest BCUT2D eigenvalue weighted by Crippen LogP contribution is -2.18. The monoisotopic (exact) mass is 275 g/mol. The predicted octanol–water partition coefficient (Wildman–Crippen LogP) is 2.59. The first-order chi connectivity index (χ1) is 9.04. The van der Waals surface area contributed by atoms with Gasteiger partial charge in [-0.25, -0.2) is 4.98 Å². The van der Waals surface area contributed by atoms with E-state index in [1.807, 2.05) is 11.3 Å². The minimum Gasteiger partial charge on any atom is -0.367 e. The molecule has 2 rings (SSSR count). The second-order valence-corrected chi connectivity index (χ2v) is 5.93. The number of carbonyl (C=O) groups excluding carboxylic acids is 1. The third-order valence-electron chi connectivity index (χ3n) is 2.75. The molecular formula is C14H17N3OS. The molecule has 3 N–H and O–H groups in total. The molecule has 2 aromatic heterocycles. The molecular weight excluding hydrogens is 258 g/mol. The van der Waals surface area contributed by atoms with E-state index >= 15 is 0 Å². The third-order valence-corrected chi connectivity index (χ3v) is 3.77. The average Bonchev–Trinajstić information content (AvgIpc) is 2.75. The van der Waals surface area contributed by atoms with E-state index in [0.717, 1.165) is 12.2 Å². The minimum absolute atomic E-state index is 0.282. The molecule has 0 saturated carbocycles. The van der Waals surface area contributed by atoms with E-state index in [4.69, 9.17) is 5.73 Å². The quantitative estimate of drug-likeness (QED) is 0.881. The van der Waals surface area contributed by atoms with E-state index in [1.54, 1.807) is 12.1 Å². The van der Waals surface area contributed by atoms with Gasteiger partial charge in [-0.2, -0.15) is 0 Å². The van der Waals surface area contributed by atoms with Crippen LogP contribution in [-0.2, 0) is 6.42 Å². The van der Waals surface area contributed by atoms with Crippen LogP contribution in [0.15, 0.2) is 30.5 Å². The zero-order valence-electron chi connectivity index (χ0n) is 11.0. The number of nitrogens with two attached hydrogens (primary N) is 1. The molecule has 0 fully saturated rings. The Bertz CT molecular complexity index is 562. The number of aryl methyl sites for hydroxylation is 1. The molecule has 100 valence electrons. The molecule has 0 aliphatic heterocycles. The molecule has 0 bridgehead atoms. The van der Waals surface area contributed by atoms with Gasteiger partial charge in [0.05, 0.1) is 5.56 Å². The fourth-order valence-electron chi connectivity index (χ4n) is 1.83. The molecule has 0 spiro atoms. The second kappa shape index (κ2) is 5.84. The standard InChI is InChI=1S/C14H17N3OS/c1-9(7-12-5-3-10(2)19-12)17-13-6-4-11(8-16-13)14(15)18/h3-6,8-9H,7H2,1-2H3,(H2,15,18)(H,16,17). The summed E-state index contributed by atoms with van der Waals surface area (Å²) in [6, 6.07) is 8.02. The Balaban J connectivity index is 1.94. The summed E-state index contributed by atoms with van der Waals surface area (Å²) < 4.78 is 0. The molecule has 0 radical (unpaired) electrons. The Kier molecular flexibility index (Phi) is 4.16. The Labute approximate surface area is 116 Å². The number of amides is 1. The number of anilines is 1. The van der Waals surface area contributed by atoms with Crippen LogP contribution in [-0.4, -0.2) is 16.9 Å². The summed E-state index contributed by atoms with van der Waals surface area (Å²) in [7, 11) is 0. The van der Waals surface area contributed by atoms with E-state index < -0.39 is 5.91 Å². The third kappa shape index (κ3) is 3.79. The topological polar surface area (TPSA) is 68.0 Å². The van der Waals surface area contributed by atoms with Crippen molar-refractivity contribution in [1.82, 2.24) is 4.98 Å². The van der Waals surface area contributed by atoms with Crippen molar-refractivity contribution in [2.45, 2.75) is 26.3 Å². The minimum atomic E-state index is -0.457. The van der Waals surface area contributed by atoms with Gasteiger partial charge in [0.15, 0.2) is 0 Å². The lowest BCUT2D eigenvalue weighted by atomic mass is 10.2. The molecule has 4 nitrogen and oxygen atoms in total. The first-order valence-electron chi connectivity index (χ1n) is 6.12. The lowest BCUT2D eigenvalue weighted by molar-refractivity contribution is 0.1000. The van der Waals surface area contributed by atoms with E-state index in [1.165, 1.54) is 16.0 Å². The number of primary amides is 1. The summed E-state index contributed by atoms with van der Waals surface area (Å²) in [5, 5.41) is 3.31. The van der Waals surface area contributed by atoms with Crippen molar-refractivity contribution in [3.63, 3.8) is 0 Å². The van der Waals surface area contributed by atoms with E-state index in [0.29, 0.717) is 5.56 Å². The zero-order chi connectivity index (χ0) is 13.8. The predicted molar refractivity (Wildman–Crippen MR) is 78.6 cm³/mol. The lowest BCUT2D eigenvalue weighted by Gasteiger charge is -2.13. The summed E-state index contributed by atoms with van der Waals surface area (Å²) in [6.07, 6.45) is 2.45. The Morgan fingerprint density at radius 2 is 2.21 bits per heavy atom. The highest BCUT2D eigenvalue weighted by molar-refractivity contribution is 7.11. The summed E-state index contributed by atoms with van der Waals surface area (Å²) in [6.45, 7) is 4.22. The van der Waals surface area contributed by atoms with Crippen molar-refractivity contribution in [3.05, 3.63) is 45.8 Å². The van der Waals surface area contributed by atoms with E-state index in [2.05, 4.69) is 36.3 Å². The highest BCUT2D eigenvalue weighted by Crippen LogP contribution is 2.18. The molecule has 1 unspecified atom stereocenters. The van der Waals surface area contributed by atoms with Crippen LogP contribution < -0.4 is 11.1 Å². The van der Waals surface area contributed by atoms with Gasteiger partial charge < -0.3 is 11.1 Å². The Morgan fingerprint density at radius 3 is 2.74 bits per heavy atom. The van der Waals surface area contributed by atoms with Crippen LogP contribution in [0.2, 0.25) is 0 Å². The van der Waals surface area contributed by atoms with E-state index in [9.17, 15) is 4.79 Å². The Hall–Kier alpha value is -1.88. The number of nitrogens with zero attached hydrogens (tertiary/aromatic N) is 1. The zero-order valence-corrected chi connectivity index (χ0v) is 11.8. The highest BCUT2D eigenvalue weighted by Gasteiger charge is 2.07. The van der Waals surface area contributed by atoms with Crippen molar-refractivity contribution in [2.75, 3.05) is 5.32 Å². The van der Waals surface area contributed by atoms with Crippen molar-refractivity contribution in [3.8, 4) is 0 Å². The van der Waals surface area contributed by atoms with Gasteiger partial charge in [0, 0.05) is 28.4 Å². The summed E-state index contributed by atoms with van der Waals surface area (Å²) in [5.74, 6) is 0.298. The average molecular weight is 275 g/mol. The fourth-order valence-corrected chi connectivity index (χ4v) is 2.84. The maximum atomic E-state index is 10.9. The van der Waals surface area contributed by atoms with Crippen LogP contribution in [0.25, 0.3) is 0 Å². The first kappa shape index (κ1) is 13.5. The highest BCUT2D eigenvalue weighted by atomic mass is 32.1. The number of rotatable bonds is 5. The maximum absolute atomic E-state index is 10.9. The molecule has 0 saturated heterocycles. The van der Waals surface area contributed by atoms with Gasteiger partial charge in [-0.15, -0.1) is 11.3 Å². The summed E-state index contributed by atoms with van der Waals surface area (Å²) >= 11 is 1.81. The van der Waals surface area contributed by atoms with Gasteiger partial charge in [-0.1, -0.05) is 0 Å². The maximum Gasteiger partial charge on any atom is 0.250 e.